The van der Waals surface area contributed by atoms with Gasteiger partial charge in [-0.25, -0.2) is 0 Å². The predicted molar refractivity (Wildman–Crippen MR) is 82.1 cm³/mol. The van der Waals surface area contributed by atoms with Gasteiger partial charge in [-0.3, -0.25) is 9.59 Å². The summed E-state index contributed by atoms with van der Waals surface area (Å²) in [6.07, 6.45) is 1.61. The van der Waals surface area contributed by atoms with Crippen molar-refractivity contribution in [1.82, 2.24) is 4.90 Å². The molecular formula is C16H21NO6. The van der Waals surface area contributed by atoms with Crippen molar-refractivity contribution in [3.05, 3.63) is 23.8 Å². The molecule has 1 aliphatic heterocycles. The summed E-state index contributed by atoms with van der Waals surface area (Å²) >= 11 is 0. The van der Waals surface area contributed by atoms with Gasteiger partial charge in [-0.1, -0.05) is 0 Å². The maximum atomic E-state index is 12.8. The van der Waals surface area contributed by atoms with Gasteiger partial charge in [0, 0.05) is 13.2 Å². The zero-order chi connectivity index (χ0) is 16.8. The van der Waals surface area contributed by atoms with Gasteiger partial charge in [-0.05, 0) is 31.0 Å². The van der Waals surface area contributed by atoms with E-state index in [0.29, 0.717) is 18.1 Å². The van der Waals surface area contributed by atoms with E-state index >= 15 is 0 Å². The fourth-order valence-electron chi connectivity index (χ4n) is 2.57. The van der Waals surface area contributed by atoms with Crippen molar-refractivity contribution in [2.24, 2.45) is 0 Å². The quantitative estimate of drug-likeness (QED) is 0.816. The molecule has 7 heteroatoms. The van der Waals surface area contributed by atoms with Gasteiger partial charge in [0.2, 0.25) is 0 Å². The Hall–Kier alpha value is -2.28. The third-order valence-electron chi connectivity index (χ3n) is 3.70. The number of methoxy groups -OCH3 is 2. The third kappa shape index (κ3) is 4.35. The Morgan fingerprint density at radius 3 is 2.70 bits per heavy atom. The van der Waals surface area contributed by atoms with Crippen LogP contribution in [0.2, 0.25) is 0 Å². The number of aliphatic carboxylic acids is 1. The van der Waals surface area contributed by atoms with Crippen molar-refractivity contribution in [2.45, 2.75) is 18.9 Å². The monoisotopic (exact) mass is 323 g/mol. The Balaban J connectivity index is 2.25. The van der Waals surface area contributed by atoms with Crippen LogP contribution in [0.15, 0.2) is 18.2 Å². The highest BCUT2D eigenvalue weighted by Gasteiger charge is 2.27. The second-order valence-electron chi connectivity index (χ2n) is 5.28. The van der Waals surface area contributed by atoms with E-state index in [1.807, 2.05) is 0 Å². The number of carbonyl (C=O) groups is 2. The number of carboxylic acids is 1. The molecule has 1 heterocycles. The number of carboxylic acid groups (broad SMARTS) is 1. The average Bonchev–Trinajstić information content (AvgIpc) is 3.05. The van der Waals surface area contributed by atoms with Crippen molar-refractivity contribution >= 4 is 11.9 Å². The molecule has 1 aromatic carbocycles. The highest BCUT2D eigenvalue weighted by Crippen LogP contribution is 2.26. The van der Waals surface area contributed by atoms with Crippen molar-refractivity contribution in [2.75, 3.05) is 33.9 Å². The van der Waals surface area contributed by atoms with E-state index < -0.39 is 11.9 Å². The molecule has 2 rings (SSSR count). The van der Waals surface area contributed by atoms with Crippen molar-refractivity contribution < 1.29 is 28.9 Å². The molecule has 1 saturated heterocycles. The topological polar surface area (TPSA) is 85.3 Å². The molecule has 1 amide bonds. The normalized spacial score (nSPS) is 16.9. The van der Waals surface area contributed by atoms with E-state index in [1.165, 1.54) is 19.1 Å². The second-order valence-corrected chi connectivity index (χ2v) is 5.28. The maximum absolute atomic E-state index is 12.8. The highest BCUT2D eigenvalue weighted by molar-refractivity contribution is 5.98. The lowest BCUT2D eigenvalue weighted by Gasteiger charge is -2.24. The van der Waals surface area contributed by atoms with E-state index in [4.69, 9.17) is 19.3 Å². The number of ether oxygens (including phenoxy) is 3. The minimum atomic E-state index is -1.07. The summed E-state index contributed by atoms with van der Waals surface area (Å²) < 4.78 is 15.9. The van der Waals surface area contributed by atoms with Gasteiger partial charge in [-0.2, -0.15) is 0 Å². The first-order valence-corrected chi connectivity index (χ1v) is 7.40. The predicted octanol–water partition coefficient (Wildman–Crippen LogP) is 1.41. The van der Waals surface area contributed by atoms with Crippen LogP contribution in [0.25, 0.3) is 0 Å². The van der Waals surface area contributed by atoms with Crippen molar-refractivity contribution in [1.29, 1.82) is 0 Å². The van der Waals surface area contributed by atoms with E-state index in [2.05, 4.69) is 0 Å². The summed E-state index contributed by atoms with van der Waals surface area (Å²) in [6, 6.07) is 4.85. The Kier molecular flexibility index (Phi) is 5.81. The molecule has 1 atom stereocenters. The summed E-state index contributed by atoms with van der Waals surface area (Å²) in [6.45, 7) is 0.493. The largest absolute Gasteiger partial charge is 0.497 e. The number of hydrogen-bond donors (Lipinski definition) is 1. The molecule has 1 aromatic rings. The van der Waals surface area contributed by atoms with Crippen LogP contribution in [-0.4, -0.2) is 61.9 Å². The van der Waals surface area contributed by atoms with Crippen LogP contribution in [0.3, 0.4) is 0 Å². The fourth-order valence-corrected chi connectivity index (χ4v) is 2.57. The first-order valence-electron chi connectivity index (χ1n) is 7.40. The minimum Gasteiger partial charge on any atom is -0.497 e. The van der Waals surface area contributed by atoms with Crippen LogP contribution in [-0.2, 0) is 9.53 Å². The summed E-state index contributed by atoms with van der Waals surface area (Å²) in [7, 11) is 2.96. The minimum absolute atomic E-state index is 0.130. The van der Waals surface area contributed by atoms with Crippen LogP contribution >= 0.6 is 0 Å². The molecule has 7 nitrogen and oxygen atoms in total. The molecular weight excluding hydrogens is 302 g/mol. The molecule has 0 aliphatic carbocycles. The van der Waals surface area contributed by atoms with Crippen LogP contribution in [0.1, 0.15) is 23.2 Å². The smallest absolute Gasteiger partial charge is 0.323 e. The summed E-state index contributed by atoms with van der Waals surface area (Å²) in [4.78, 5) is 25.2. The van der Waals surface area contributed by atoms with Gasteiger partial charge < -0.3 is 24.2 Å². The fraction of sp³-hybridized carbons (Fsp3) is 0.500. The van der Waals surface area contributed by atoms with Crippen LogP contribution in [0, 0.1) is 0 Å². The maximum Gasteiger partial charge on any atom is 0.323 e. The van der Waals surface area contributed by atoms with E-state index in [-0.39, 0.29) is 24.8 Å². The van der Waals surface area contributed by atoms with Crippen molar-refractivity contribution in [3.8, 4) is 11.5 Å². The third-order valence-corrected chi connectivity index (χ3v) is 3.70. The molecule has 1 N–H and O–H groups in total. The summed E-state index contributed by atoms with van der Waals surface area (Å²) in [5.41, 5.74) is 0.270. The zero-order valence-electron chi connectivity index (χ0n) is 13.3. The number of benzene rings is 1. The number of amides is 1. The molecule has 0 aromatic heterocycles. The Labute approximate surface area is 134 Å². The van der Waals surface area contributed by atoms with Gasteiger partial charge in [0.25, 0.3) is 5.91 Å². The number of hydrogen-bond acceptors (Lipinski definition) is 5. The van der Waals surface area contributed by atoms with Crippen LogP contribution < -0.4 is 9.47 Å². The lowest BCUT2D eigenvalue weighted by Crippen LogP contribution is -2.40. The number of rotatable bonds is 7. The van der Waals surface area contributed by atoms with Gasteiger partial charge in [0.05, 0.1) is 25.9 Å². The van der Waals surface area contributed by atoms with Gasteiger partial charge in [0.1, 0.15) is 18.0 Å². The summed E-state index contributed by atoms with van der Waals surface area (Å²) in [5, 5.41) is 9.09. The Morgan fingerprint density at radius 1 is 1.35 bits per heavy atom. The van der Waals surface area contributed by atoms with Crippen LogP contribution in [0.5, 0.6) is 11.5 Å². The molecule has 23 heavy (non-hydrogen) atoms. The molecule has 0 radical (unpaired) electrons. The SMILES string of the molecule is COc1ccc(OC)c(C(=O)N(CC(=O)O)C[C@@H]2CCCO2)c1. The number of nitrogens with zero attached hydrogens (tertiary/aromatic N) is 1. The molecule has 0 unspecified atom stereocenters. The molecule has 0 bridgehead atoms. The first kappa shape index (κ1) is 17.1. The molecule has 126 valence electrons. The standard InChI is InChI=1S/C16H21NO6/c1-21-11-5-6-14(22-2)13(8-11)16(20)17(10-15(18)19)9-12-4-3-7-23-12/h5-6,8,12H,3-4,7,9-10H2,1-2H3,(H,18,19)/t12-/m0/s1. The summed E-state index contributed by atoms with van der Waals surface area (Å²) in [5.74, 6) is -0.614. The molecule has 1 fully saturated rings. The van der Waals surface area contributed by atoms with Crippen molar-refractivity contribution in [3.63, 3.8) is 0 Å². The lowest BCUT2D eigenvalue weighted by molar-refractivity contribution is -0.138. The average molecular weight is 323 g/mol. The van der Waals surface area contributed by atoms with E-state index in [1.54, 1.807) is 18.2 Å². The van der Waals surface area contributed by atoms with Gasteiger partial charge in [0.15, 0.2) is 0 Å². The lowest BCUT2D eigenvalue weighted by atomic mass is 10.1. The number of carbonyl (C=O) groups excluding carboxylic acids is 1. The van der Waals surface area contributed by atoms with E-state index in [0.717, 1.165) is 12.8 Å². The van der Waals surface area contributed by atoms with E-state index in [9.17, 15) is 9.59 Å². The molecule has 0 saturated carbocycles. The van der Waals surface area contributed by atoms with Gasteiger partial charge in [-0.15, -0.1) is 0 Å². The second kappa shape index (κ2) is 7.82. The van der Waals surface area contributed by atoms with Crippen LogP contribution in [0.4, 0.5) is 0 Å². The zero-order valence-corrected chi connectivity index (χ0v) is 13.3. The molecule has 0 spiro atoms. The first-order chi connectivity index (χ1) is 11.0. The van der Waals surface area contributed by atoms with Gasteiger partial charge >= 0.3 is 5.97 Å². The molecule has 1 aliphatic rings. The highest BCUT2D eigenvalue weighted by atomic mass is 16.5. The Bertz CT molecular complexity index is 568. The Morgan fingerprint density at radius 2 is 2.13 bits per heavy atom.